The number of aliphatic carboxylic acids is 1. The Morgan fingerprint density at radius 1 is 1.26 bits per heavy atom. The van der Waals surface area contributed by atoms with Crippen LogP contribution in [0.25, 0.3) is 11.0 Å². The summed E-state index contributed by atoms with van der Waals surface area (Å²) < 4.78 is 0. The first kappa shape index (κ1) is 14.7. The van der Waals surface area contributed by atoms with Gasteiger partial charge in [-0.05, 0) is 18.6 Å². The number of carboxylic acid groups (broad SMARTS) is 1. The quantitative estimate of drug-likeness (QED) is 0.681. The van der Waals surface area contributed by atoms with E-state index >= 15 is 0 Å². The van der Waals surface area contributed by atoms with Crippen LogP contribution in [0.3, 0.4) is 0 Å². The number of rotatable bonds is 4. The van der Waals surface area contributed by atoms with E-state index in [2.05, 4.69) is 20.5 Å². The zero-order valence-corrected chi connectivity index (χ0v) is 12.3. The summed E-state index contributed by atoms with van der Waals surface area (Å²) in [5.74, 6) is -1.63. The first-order valence-electron chi connectivity index (χ1n) is 6.95. The minimum atomic E-state index is -1.13. The van der Waals surface area contributed by atoms with E-state index in [9.17, 15) is 14.7 Å². The van der Waals surface area contributed by atoms with Gasteiger partial charge in [0.15, 0.2) is 11.7 Å². The molecular weight excluding hydrogens is 296 g/mol. The number of nitrogens with zero attached hydrogens (tertiary/aromatic N) is 2. The summed E-state index contributed by atoms with van der Waals surface area (Å²) in [5, 5.41) is 19.4. The molecule has 2 aromatic heterocycles. The van der Waals surface area contributed by atoms with Gasteiger partial charge in [0, 0.05) is 17.3 Å². The summed E-state index contributed by atoms with van der Waals surface area (Å²) in [5.41, 5.74) is 2.09. The fraction of sp³-hybridized carbons (Fsp3) is 0.125. The van der Waals surface area contributed by atoms with Crippen molar-refractivity contribution in [3.63, 3.8) is 0 Å². The van der Waals surface area contributed by atoms with E-state index in [1.807, 2.05) is 6.92 Å². The maximum atomic E-state index is 12.4. The Hall–Kier alpha value is -3.22. The Morgan fingerprint density at radius 2 is 2.00 bits per heavy atom. The average Bonchev–Trinajstić information content (AvgIpc) is 2.93. The Kier molecular flexibility index (Phi) is 3.76. The van der Waals surface area contributed by atoms with Crippen molar-refractivity contribution in [3.8, 4) is 0 Å². The van der Waals surface area contributed by atoms with Crippen LogP contribution >= 0.6 is 0 Å². The Bertz CT molecular complexity index is 873. The first-order chi connectivity index (χ1) is 11.1. The number of hydrogen-bond donors (Lipinski definition) is 3. The van der Waals surface area contributed by atoms with E-state index in [0.717, 1.165) is 11.1 Å². The predicted molar refractivity (Wildman–Crippen MR) is 82.9 cm³/mol. The van der Waals surface area contributed by atoms with E-state index < -0.39 is 17.9 Å². The van der Waals surface area contributed by atoms with Crippen LogP contribution in [0.4, 0.5) is 0 Å². The zero-order chi connectivity index (χ0) is 16.4. The smallest absolute Gasteiger partial charge is 0.330 e. The number of aromatic amines is 1. The largest absolute Gasteiger partial charge is 0.479 e. The maximum Gasteiger partial charge on any atom is 0.330 e. The molecule has 3 rings (SSSR count). The second-order valence-electron chi connectivity index (χ2n) is 5.10. The van der Waals surface area contributed by atoms with Gasteiger partial charge in [-0.2, -0.15) is 5.10 Å². The monoisotopic (exact) mass is 310 g/mol. The van der Waals surface area contributed by atoms with Gasteiger partial charge in [0.05, 0.1) is 5.56 Å². The molecule has 2 heterocycles. The molecule has 0 saturated heterocycles. The minimum Gasteiger partial charge on any atom is -0.479 e. The number of fused-ring (bicyclic) bond motifs is 1. The molecule has 116 valence electrons. The minimum absolute atomic E-state index is 0.282. The van der Waals surface area contributed by atoms with E-state index in [1.165, 1.54) is 6.20 Å². The Morgan fingerprint density at radius 3 is 2.70 bits per heavy atom. The molecule has 1 atom stereocenters. The van der Waals surface area contributed by atoms with Gasteiger partial charge in [-0.3, -0.25) is 9.89 Å². The number of carboxylic acids is 1. The van der Waals surface area contributed by atoms with Crippen molar-refractivity contribution < 1.29 is 14.7 Å². The summed E-state index contributed by atoms with van der Waals surface area (Å²) in [6.07, 6.45) is 1.38. The van der Waals surface area contributed by atoms with E-state index in [0.29, 0.717) is 11.2 Å². The van der Waals surface area contributed by atoms with Gasteiger partial charge in [0.1, 0.15) is 0 Å². The topological polar surface area (TPSA) is 108 Å². The summed E-state index contributed by atoms with van der Waals surface area (Å²) >= 11 is 0. The van der Waals surface area contributed by atoms with E-state index in [-0.39, 0.29) is 5.56 Å². The van der Waals surface area contributed by atoms with Crippen LogP contribution in [0.15, 0.2) is 42.6 Å². The van der Waals surface area contributed by atoms with Crippen molar-refractivity contribution >= 4 is 22.9 Å². The lowest BCUT2D eigenvalue weighted by Crippen LogP contribution is -2.33. The van der Waals surface area contributed by atoms with Gasteiger partial charge in [-0.1, -0.05) is 30.3 Å². The van der Waals surface area contributed by atoms with Crippen molar-refractivity contribution in [2.75, 3.05) is 0 Å². The highest BCUT2D eigenvalue weighted by molar-refractivity contribution is 5.99. The SMILES string of the molecule is Cc1[nH]nc2ncc(C(=O)NC(C(=O)O)c3ccccc3)cc12. The number of carbonyl (C=O) groups excluding carboxylic acids is 1. The van der Waals surface area contributed by atoms with Gasteiger partial charge in [0.25, 0.3) is 5.91 Å². The first-order valence-corrected chi connectivity index (χ1v) is 6.95. The third-order valence-electron chi connectivity index (χ3n) is 3.52. The lowest BCUT2D eigenvalue weighted by atomic mass is 10.1. The van der Waals surface area contributed by atoms with Crippen LogP contribution < -0.4 is 5.32 Å². The number of aryl methyl sites for hydroxylation is 1. The van der Waals surface area contributed by atoms with Crippen molar-refractivity contribution in [1.29, 1.82) is 0 Å². The maximum absolute atomic E-state index is 12.4. The van der Waals surface area contributed by atoms with E-state index in [1.54, 1.807) is 36.4 Å². The fourth-order valence-electron chi connectivity index (χ4n) is 2.29. The number of H-pyrrole nitrogens is 1. The molecule has 0 bridgehead atoms. The second-order valence-corrected chi connectivity index (χ2v) is 5.10. The van der Waals surface area contributed by atoms with Crippen molar-refractivity contribution in [2.45, 2.75) is 13.0 Å². The number of nitrogens with one attached hydrogen (secondary N) is 2. The van der Waals surface area contributed by atoms with Gasteiger partial charge in [-0.25, -0.2) is 9.78 Å². The molecule has 0 radical (unpaired) electrons. The molecule has 1 amide bonds. The molecule has 0 spiro atoms. The molecule has 7 heteroatoms. The van der Waals surface area contributed by atoms with Crippen LogP contribution in [0.5, 0.6) is 0 Å². The van der Waals surface area contributed by atoms with Gasteiger partial charge in [-0.15, -0.1) is 0 Å². The third-order valence-corrected chi connectivity index (χ3v) is 3.52. The molecule has 3 N–H and O–H groups in total. The molecule has 0 aliphatic heterocycles. The number of amides is 1. The number of benzene rings is 1. The zero-order valence-electron chi connectivity index (χ0n) is 12.3. The second kappa shape index (κ2) is 5.88. The summed E-state index contributed by atoms with van der Waals surface area (Å²) in [4.78, 5) is 27.9. The number of aromatic nitrogens is 3. The van der Waals surface area contributed by atoms with Crippen molar-refractivity contribution in [3.05, 3.63) is 59.4 Å². The van der Waals surface area contributed by atoms with Crippen molar-refractivity contribution in [2.24, 2.45) is 0 Å². The Balaban J connectivity index is 1.88. The van der Waals surface area contributed by atoms with Gasteiger partial charge in [0.2, 0.25) is 0 Å². The van der Waals surface area contributed by atoms with Crippen LogP contribution in [0, 0.1) is 6.92 Å². The molecule has 23 heavy (non-hydrogen) atoms. The normalized spacial score (nSPS) is 12.0. The summed E-state index contributed by atoms with van der Waals surface area (Å²) in [6.45, 7) is 1.82. The molecule has 0 aliphatic carbocycles. The fourth-order valence-corrected chi connectivity index (χ4v) is 2.29. The lowest BCUT2D eigenvalue weighted by molar-refractivity contribution is -0.139. The van der Waals surface area contributed by atoms with Crippen LogP contribution in [0.2, 0.25) is 0 Å². The molecule has 1 aromatic carbocycles. The number of hydrogen-bond acceptors (Lipinski definition) is 4. The number of carbonyl (C=O) groups is 2. The van der Waals surface area contributed by atoms with Gasteiger partial charge < -0.3 is 10.4 Å². The van der Waals surface area contributed by atoms with E-state index in [4.69, 9.17) is 0 Å². The molecule has 0 saturated carbocycles. The molecule has 1 unspecified atom stereocenters. The number of pyridine rings is 1. The molecule has 0 aliphatic rings. The molecule has 3 aromatic rings. The standard InChI is InChI=1S/C16H14N4O3/c1-9-12-7-11(8-17-14(12)20-19-9)15(21)18-13(16(22)23)10-5-3-2-4-6-10/h2-8,13H,1H3,(H,18,21)(H,22,23)(H,17,19,20). The third kappa shape index (κ3) is 2.89. The highest BCUT2D eigenvalue weighted by Crippen LogP contribution is 2.17. The predicted octanol–water partition coefficient (Wildman–Crippen LogP) is 1.82. The lowest BCUT2D eigenvalue weighted by Gasteiger charge is -2.14. The summed E-state index contributed by atoms with van der Waals surface area (Å²) in [7, 11) is 0. The van der Waals surface area contributed by atoms with Crippen LogP contribution in [0.1, 0.15) is 27.7 Å². The highest BCUT2D eigenvalue weighted by atomic mass is 16.4. The molecular formula is C16H14N4O3. The summed E-state index contributed by atoms with van der Waals surface area (Å²) in [6, 6.07) is 9.05. The molecule has 0 fully saturated rings. The van der Waals surface area contributed by atoms with Crippen molar-refractivity contribution in [1.82, 2.24) is 20.5 Å². The van der Waals surface area contributed by atoms with Crippen LogP contribution in [-0.4, -0.2) is 32.2 Å². The molecule has 7 nitrogen and oxygen atoms in total. The highest BCUT2D eigenvalue weighted by Gasteiger charge is 2.23. The Labute approximate surface area is 131 Å². The average molecular weight is 310 g/mol. The van der Waals surface area contributed by atoms with Crippen LogP contribution in [-0.2, 0) is 4.79 Å². The van der Waals surface area contributed by atoms with Gasteiger partial charge >= 0.3 is 5.97 Å².